The lowest BCUT2D eigenvalue weighted by Gasteiger charge is -2.55. The highest BCUT2D eigenvalue weighted by Gasteiger charge is 2.46. The van der Waals surface area contributed by atoms with Crippen molar-refractivity contribution in [1.29, 1.82) is 0 Å². The van der Waals surface area contributed by atoms with Crippen molar-refractivity contribution >= 4 is 29.3 Å². The molecule has 0 radical (unpaired) electrons. The van der Waals surface area contributed by atoms with Crippen molar-refractivity contribution in [2.45, 2.75) is 49.9 Å². The molecule has 8 nitrogen and oxygen atoms in total. The molecule has 8 heteroatoms. The minimum absolute atomic E-state index is 0.107. The molecule has 5 aliphatic heterocycles. The van der Waals surface area contributed by atoms with E-state index in [0.29, 0.717) is 17.2 Å². The van der Waals surface area contributed by atoms with Gasteiger partial charge >= 0.3 is 0 Å². The van der Waals surface area contributed by atoms with Gasteiger partial charge in [-0.15, -0.1) is 0 Å². The molecule has 8 rings (SSSR count). The molecule has 4 amide bonds. The molecule has 0 spiro atoms. The molecule has 1 N–H and O–H groups in total. The Hall–Kier alpha value is -4.30. The number of rotatable bonds is 5. The maximum absolute atomic E-state index is 13.4. The van der Waals surface area contributed by atoms with E-state index in [4.69, 9.17) is 0 Å². The largest absolute Gasteiger partial charge is 0.366 e. The van der Waals surface area contributed by atoms with Crippen molar-refractivity contribution in [2.24, 2.45) is 0 Å². The summed E-state index contributed by atoms with van der Waals surface area (Å²) >= 11 is 0. The van der Waals surface area contributed by atoms with E-state index in [2.05, 4.69) is 75.8 Å². The summed E-state index contributed by atoms with van der Waals surface area (Å²) in [6, 6.07) is 26.6. The molecule has 3 unspecified atom stereocenters. The summed E-state index contributed by atoms with van der Waals surface area (Å²) in [5.74, 6) is -1.91. The van der Waals surface area contributed by atoms with E-state index in [-0.39, 0.29) is 30.8 Å². The van der Waals surface area contributed by atoms with E-state index in [9.17, 15) is 19.2 Å². The van der Waals surface area contributed by atoms with Gasteiger partial charge in [0.1, 0.15) is 6.04 Å². The third-order valence-corrected chi connectivity index (χ3v) is 8.89. The number of hydrogen-bond donors (Lipinski definition) is 1. The highest BCUT2D eigenvalue weighted by molar-refractivity contribution is 6.23. The average molecular weight is 535 g/mol. The number of nitrogens with one attached hydrogen (secondary N) is 1. The topological polar surface area (TPSA) is 90.0 Å². The first-order valence-corrected chi connectivity index (χ1v) is 14.0. The van der Waals surface area contributed by atoms with Crippen LogP contribution < -0.4 is 10.2 Å². The third-order valence-electron chi connectivity index (χ3n) is 8.89. The van der Waals surface area contributed by atoms with Crippen LogP contribution in [0.25, 0.3) is 0 Å². The highest BCUT2D eigenvalue weighted by atomic mass is 16.2. The Bertz CT molecular complexity index is 1470. The number of amides is 4. The second-order valence-electron chi connectivity index (χ2n) is 11.1. The van der Waals surface area contributed by atoms with Gasteiger partial charge in [0.25, 0.3) is 11.8 Å². The van der Waals surface area contributed by atoms with Crippen molar-refractivity contribution in [3.8, 4) is 0 Å². The number of hydrogen-bond acceptors (Lipinski definition) is 6. The van der Waals surface area contributed by atoms with Crippen LogP contribution in [0.4, 0.5) is 5.69 Å². The van der Waals surface area contributed by atoms with Gasteiger partial charge in [-0.05, 0) is 48.6 Å². The van der Waals surface area contributed by atoms with Crippen LogP contribution in [0.1, 0.15) is 63.6 Å². The van der Waals surface area contributed by atoms with Gasteiger partial charge in [0.2, 0.25) is 11.8 Å². The standard InChI is InChI=1S/C32H30N4O4/c37-28-16-15-27(30(38)33-28)36-31(39)25-14-13-22(17-26(25)32(36)40)34-18-24-12-11-23(34)19-35(24)29(20-7-3-1-4-8-20)21-9-5-2-6-10-21/h1-10,13-14,17,23-24,27,29H,11-12,15-16,18-19H2,(H,33,37,38). The molecular formula is C32H30N4O4. The molecule has 0 aliphatic carbocycles. The van der Waals surface area contributed by atoms with Crippen LogP contribution in [0.5, 0.6) is 0 Å². The van der Waals surface area contributed by atoms with E-state index >= 15 is 0 Å². The normalized spacial score (nSPS) is 24.6. The van der Waals surface area contributed by atoms with Gasteiger partial charge in [-0.2, -0.15) is 0 Å². The first-order chi connectivity index (χ1) is 19.5. The molecule has 3 atom stereocenters. The monoisotopic (exact) mass is 534 g/mol. The molecule has 5 heterocycles. The predicted octanol–water partition coefficient (Wildman–Crippen LogP) is 3.53. The molecule has 3 aromatic carbocycles. The molecule has 2 bridgehead atoms. The van der Waals surface area contributed by atoms with E-state index in [1.54, 1.807) is 6.07 Å². The summed E-state index contributed by atoms with van der Waals surface area (Å²) in [4.78, 5) is 56.6. The van der Waals surface area contributed by atoms with Crippen molar-refractivity contribution in [2.75, 3.05) is 18.0 Å². The molecule has 0 aromatic heterocycles. The summed E-state index contributed by atoms with van der Waals surface area (Å²) < 4.78 is 0. The van der Waals surface area contributed by atoms with Gasteiger partial charge in [-0.3, -0.25) is 34.3 Å². The number of carbonyl (C=O) groups is 4. The van der Waals surface area contributed by atoms with Gasteiger partial charge in [0.15, 0.2) is 0 Å². The summed E-state index contributed by atoms with van der Waals surface area (Å²) in [6.45, 7) is 1.73. The maximum Gasteiger partial charge on any atom is 0.262 e. The van der Waals surface area contributed by atoms with Crippen molar-refractivity contribution < 1.29 is 19.2 Å². The summed E-state index contributed by atoms with van der Waals surface area (Å²) in [6.07, 6.45) is 2.42. The fraction of sp³-hybridized carbons (Fsp3) is 0.312. The van der Waals surface area contributed by atoms with Crippen LogP contribution >= 0.6 is 0 Å². The number of nitrogens with zero attached hydrogens (tertiary/aromatic N) is 3. The summed E-state index contributed by atoms with van der Waals surface area (Å²) in [5.41, 5.74) is 4.13. The first kappa shape index (κ1) is 24.7. The van der Waals surface area contributed by atoms with Crippen LogP contribution in [0.15, 0.2) is 78.9 Å². The first-order valence-electron chi connectivity index (χ1n) is 14.0. The van der Waals surface area contributed by atoms with Crippen molar-refractivity contribution in [3.63, 3.8) is 0 Å². The van der Waals surface area contributed by atoms with E-state index in [1.165, 1.54) is 11.1 Å². The molecular weight excluding hydrogens is 504 g/mol. The quantitative estimate of drug-likeness (QED) is 0.504. The number of imide groups is 2. The second kappa shape index (κ2) is 9.71. The Morgan fingerprint density at radius 3 is 1.98 bits per heavy atom. The number of anilines is 1. The number of fused-ring (bicyclic) bond motifs is 4. The predicted molar refractivity (Wildman–Crippen MR) is 149 cm³/mol. The average Bonchev–Trinajstić information content (AvgIpc) is 3.23. The zero-order valence-electron chi connectivity index (χ0n) is 22.0. The summed E-state index contributed by atoms with van der Waals surface area (Å²) in [5, 5.41) is 2.26. The van der Waals surface area contributed by atoms with E-state index < -0.39 is 23.8 Å². The van der Waals surface area contributed by atoms with Gasteiger partial charge in [0.05, 0.1) is 17.2 Å². The van der Waals surface area contributed by atoms with Gasteiger partial charge in [-0.1, -0.05) is 60.7 Å². The van der Waals surface area contributed by atoms with Crippen molar-refractivity contribution in [1.82, 2.24) is 15.1 Å². The smallest absolute Gasteiger partial charge is 0.262 e. The van der Waals surface area contributed by atoms with Gasteiger partial charge in [-0.25, -0.2) is 0 Å². The fourth-order valence-electron chi connectivity index (χ4n) is 6.98. The van der Waals surface area contributed by atoms with Gasteiger partial charge < -0.3 is 4.90 Å². The number of piperidine rings is 3. The van der Waals surface area contributed by atoms with Crippen LogP contribution in [0.2, 0.25) is 0 Å². The van der Waals surface area contributed by atoms with Crippen LogP contribution in [0, 0.1) is 0 Å². The molecule has 40 heavy (non-hydrogen) atoms. The van der Waals surface area contributed by atoms with E-state index in [0.717, 1.165) is 36.5 Å². The zero-order valence-corrected chi connectivity index (χ0v) is 22.0. The Kier molecular flexibility index (Phi) is 6.00. The fourth-order valence-corrected chi connectivity index (χ4v) is 6.98. The SMILES string of the molecule is O=C1CCC(N2C(=O)c3ccc(N4CC5CCC4CN5C(c4ccccc4)c4ccccc4)cc3C2=O)C(=O)N1. The van der Waals surface area contributed by atoms with Crippen LogP contribution in [0.3, 0.4) is 0 Å². The molecule has 4 saturated heterocycles. The number of piperazine rings is 1. The van der Waals surface area contributed by atoms with Crippen LogP contribution in [-0.4, -0.2) is 64.6 Å². The Morgan fingerprint density at radius 2 is 1.35 bits per heavy atom. The number of benzene rings is 3. The minimum atomic E-state index is -0.957. The number of carbonyl (C=O) groups excluding carboxylic acids is 4. The Labute approximate surface area is 232 Å². The lowest BCUT2D eigenvalue weighted by Crippen LogP contribution is -2.63. The van der Waals surface area contributed by atoms with E-state index in [1.807, 2.05) is 12.1 Å². The maximum atomic E-state index is 13.4. The second-order valence-corrected chi connectivity index (χ2v) is 11.1. The lowest BCUT2D eigenvalue weighted by atomic mass is 9.85. The van der Waals surface area contributed by atoms with Crippen LogP contribution in [-0.2, 0) is 9.59 Å². The summed E-state index contributed by atoms with van der Waals surface area (Å²) in [7, 11) is 0. The molecule has 202 valence electrons. The zero-order chi connectivity index (χ0) is 27.4. The van der Waals surface area contributed by atoms with Crippen molar-refractivity contribution in [3.05, 3.63) is 101 Å². The van der Waals surface area contributed by atoms with Gasteiger partial charge in [0, 0.05) is 37.3 Å². The lowest BCUT2D eigenvalue weighted by molar-refractivity contribution is -0.136. The Morgan fingerprint density at radius 1 is 0.700 bits per heavy atom. The molecule has 0 saturated carbocycles. The third kappa shape index (κ3) is 4.02. The molecule has 3 aromatic rings. The highest BCUT2D eigenvalue weighted by Crippen LogP contribution is 2.41. The molecule has 5 aliphatic rings. The minimum Gasteiger partial charge on any atom is -0.366 e. The molecule has 4 fully saturated rings. The Balaban J connectivity index is 1.15.